The number of hydrogen-bond acceptors (Lipinski definition) is 4. The Kier molecular flexibility index (Phi) is 8.07. The van der Waals surface area contributed by atoms with E-state index in [1.807, 2.05) is 7.05 Å². The molecule has 1 aliphatic heterocycles. The van der Waals surface area contributed by atoms with Gasteiger partial charge in [0.1, 0.15) is 6.04 Å². The SMILES string of the molecule is CCCC1CCCN(CCC(NC)C(=O)OC)CC1. The summed E-state index contributed by atoms with van der Waals surface area (Å²) in [4.78, 5) is 14.0. The van der Waals surface area contributed by atoms with E-state index in [1.165, 1.54) is 52.3 Å². The van der Waals surface area contributed by atoms with Crippen molar-refractivity contribution in [2.45, 2.75) is 51.5 Å². The molecule has 0 saturated carbocycles. The van der Waals surface area contributed by atoms with Crippen LogP contribution in [0.1, 0.15) is 45.4 Å². The van der Waals surface area contributed by atoms with Gasteiger partial charge in [0.05, 0.1) is 7.11 Å². The lowest BCUT2D eigenvalue weighted by atomic mass is 9.96. The van der Waals surface area contributed by atoms with Crippen LogP contribution < -0.4 is 5.32 Å². The number of ether oxygens (including phenoxy) is 1. The van der Waals surface area contributed by atoms with Gasteiger partial charge in [0.25, 0.3) is 0 Å². The molecule has 1 saturated heterocycles. The molecule has 0 aromatic rings. The van der Waals surface area contributed by atoms with Crippen molar-refractivity contribution in [1.29, 1.82) is 0 Å². The van der Waals surface area contributed by atoms with Crippen LogP contribution in [-0.4, -0.2) is 50.7 Å². The molecule has 0 aromatic carbocycles. The van der Waals surface area contributed by atoms with Crippen molar-refractivity contribution < 1.29 is 9.53 Å². The van der Waals surface area contributed by atoms with Crippen LogP contribution in [0.2, 0.25) is 0 Å². The Morgan fingerprint density at radius 3 is 2.84 bits per heavy atom. The lowest BCUT2D eigenvalue weighted by molar-refractivity contribution is -0.143. The van der Waals surface area contributed by atoms with Gasteiger partial charge in [-0.2, -0.15) is 0 Å². The Bertz CT molecular complexity index is 259. The largest absolute Gasteiger partial charge is 0.468 e. The minimum atomic E-state index is -0.167. The van der Waals surface area contributed by atoms with Gasteiger partial charge in [0.2, 0.25) is 0 Å². The van der Waals surface area contributed by atoms with Crippen LogP contribution in [0.15, 0.2) is 0 Å². The molecule has 4 nitrogen and oxygen atoms in total. The number of nitrogens with zero attached hydrogens (tertiary/aromatic N) is 1. The van der Waals surface area contributed by atoms with E-state index in [9.17, 15) is 4.79 Å². The van der Waals surface area contributed by atoms with Crippen LogP contribution in [-0.2, 0) is 9.53 Å². The van der Waals surface area contributed by atoms with E-state index in [-0.39, 0.29) is 12.0 Å². The van der Waals surface area contributed by atoms with E-state index in [0.717, 1.165) is 18.9 Å². The van der Waals surface area contributed by atoms with Crippen LogP contribution in [0, 0.1) is 5.92 Å². The molecule has 1 heterocycles. The molecule has 0 bridgehead atoms. The molecule has 0 amide bonds. The Hall–Kier alpha value is -0.610. The molecule has 4 heteroatoms. The van der Waals surface area contributed by atoms with Gasteiger partial charge in [-0.3, -0.25) is 4.79 Å². The summed E-state index contributed by atoms with van der Waals surface area (Å²) in [7, 11) is 3.27. The highest BCUT2D eigenvalue weighted by atomic mass is 16.5. The first kappa shape index (κ1) is 16.4. The zero-order valence-electron chi connectivity index (χ0n) is 12.8. The Labute approximate surface area is 117 Å². The van der Waals surface area contributed by atoms with E-state index in [4.69, 9.17) is 4.74 Å². The highest BCUT2D eigenvalue weighted by molar-refractivity contribution is 5.75. The molecule has 0 aromatic heterocycles. The van der Waals surface area contributed by atoms with Crippen molar-refractivity contribution in [3.63, 3.8) is 0 Å². The van der Waals surface area contributed by atoms with Crippen LogP contribution in [0.3, 0.4) is 0 Å². The van der Waals surface area contributed by atoms with Crippen LogP contribution in [0.4, 0.5) is 0 Å². The lowest BCUT2D eigenvalue weighted by Crippen LogP contribution is -2.39. The summed E-state index contributed by atoms with van der Waals surface area (Å²) >= 11 is 0. The summed E-state index contributed by atoms with van der Waals surface area (Å²) in [6, 6.07) is -0.167. The number of carbonyl (C=O) groups is 1. The van der Waals surface area contributed by atoms with Gasteiger partial charge < -0.3 is 15.0 Å². The molecular formula is C15H30N2O2. The van der Waals surface area contributed by atoms with Crippen LogP contribution >= 0.6 is 0 Å². The number of likely N-dealkylation sites (tertiary alicyclic amines) is 1. The molecule has 2 unspecified atom stereocenters. The summed E-state index contributed by atoms with van der Waals surface area (Å²) in [6.07, 6.45) is 7.49. The molecule has 1 rings (SSSR count). The third-order valence-corrected chi connectivity index (χ3v) is 4.21. The first-order valence-corrected chi connectivity index (χ1v) is 7.68. The number of esters is 1. The third kappa shape index (κ3) is 5.91. The number of rotatable bonds is 7. The summed E-state index contributed by atoms with van der Waals surface area (Å²) in [5, 5.41) is 3.04. The third-order valence-electron chi connectivity index (χ3n) is 4.21. The van der Waals surface area contributed by atoms with Gasteiger partial charge in [0, 0.05) is 6.54 Å². The highest BCUT2D eigenvalue weighted by Crippen LogP contribution is 2.22. The van der Waals surface area contributed by atoms with Crippen LogP contribution in [0.5, 0.6) is 0 Å². The summed E-state index contributed by atoms with van der Waals surface area (Å²) in [6.45, 7) is 5.62. The monoisotopic (exact) mass is 270 g/mol. The van der Waals surface area contributed by atoms with Crippen LogP contribution in [0.25, 0.3) is 0 Å². The van der Waals surface area contributed by atoms with Crippen molar-refractivity contribution in [3.8, 4) is 0 Å². The molecule has 112 valence electrons. The lowest BCUT2D eigenvalue weighted by Gasteiger charge is -2.22. The van der Waals surface area contributed by atoms with Crippen molar-refractivity contribution in [3.05, 3.63) is 0 Å². The molecule has 0 radical (unpaired) electrons. The van der Waals surface area contributed by atoms with Gasteiger partial charge in [-0.1, -0.05) is 19.8 Å². The Morgan fingerprint density at radius 1 is 1.42 bits per heavy atom. The molecular weight excluding hydrogens is 240 g/mol. The van der Waals surface area contributed by atoms with E-state index in [1.54, 1.807) is 0 Å². The van der Waals surface area contributed by atoms with Gasteiger partial charge in [-0.15, -0.1) is 0 Å². The predicted octanol–water partition coefficient (Wildman–Crippen LogP) is 2.04. The summed E-state index contributed by atoms with van der Waals surface area (Å²) in [5.74, 6) is 0.761. The molecule has 0 spiro atoms. The molecule has 1 N–H and O–H groups in total. The molecule has 1 fully saturated rings. The Morgan fingerprint density at radius 2 is 2.21 bits per heavy atom. The number of carbonyl (C=O) groups excluding carboxylic acids is 1. The zero-order valence-corrected chi connectivity index (χ0v) is 12.8. The number of hydrogen-bond donors (Lipinski definition) is 1. The first-order valence-electron chi connectivity index (χ1n) is 7.68. The zero-order chi connectivity index (χ0) is 14.1. The summed E-state index contributed by atoms with van der Waals surface area (Å²) < 4.78 is 4.80. The number of likely N-dealkylation sites (N-methyl/N-ethyl adjacent to an activating group) is 1. The fourth-order valence-electron chi connectivity index (χ4n) is 2.98. The first-order chi connectivity index (χ1) is 9.21. The van der Waals surface area contributed by atoms with Crippen molar-refractivity contribution in [2.75, 3.05) is 33.8 Å². The van der Waals surface area contributed by atoms with Crippen molar-refractivity contribution >= 4 is 5.97 Å². The minimum absolute atomic E-state index is 0.152. The van der Waals surface area contributed by atoms with E-state index < -0.39 is 0 Å². The second-order valence-corrected chi connectivity index (χ2v) is 5.58. The maximum atomic E-state index is 11.5. The second-order valence-electron chi connectivity index (χ2n) is 5.58. The van der Waals surface area contributed by atoms with Crippen molar-refractivity contribution in [2.24, 2.45) is 5.92 Å². The number of methoxy groups -OCH3 is 1. The van der Waals surface area contributed by atoms with Gasteiger partial charge in [0.15, 0.2) is 0 Å². The van der Waals surface area contributed by atoms with Gasteiger partial charge in [-0.05, 0) is 51.7 Å². The smallest absolute Gasteiger partial charge is 0.322 e. The maximum absolute atomic E-state index is 11.5. The maximum Gasteiger partial charge on any atom is 0.322 e. The normalized spacial score (nSPS) is 22.8. The van der Waals surface area contributed by atoms with Gasteiger partial charge >= 0.3 is 5.97 Å². The fraction of sp³-hybridized carbons (Fsp3) is 0.933. The fourth-order valence-corrected chi connectivity index (χ4v) is 2.98. The van der Waals surface area contributed by atoms with Gasteiger partial charge in [-0.25, -0.2) is 0 Å². The standard InChI is InChI=1S/C15H30N2O2/c1-4-6-13-7-5-10-17(11-8-13)12-9-14(16-2)15(18)19-3/h13-14,16H,4-12H2,1-3H3. The van der Waals surface area contributed by atoms with E-state index in [2.05, 4.69) is 17.1 Å². The molecule has 1 aliphatic rings. The van der Waals surface area contributed by atoms with E-state index >= 15 is 0 Å². The highest BCUT2D eigenvalue weighted by Gasteiger charge is 2.20. The molecule has 2 atom stereocenters. The molecule has 0 aliphatic carbocycles. The number of nitrogens with one attached hydrogen (secondary N) is 1. The van der Waals surface area contributed by atoms with Crippen molar-refractivity contribution in [1.82, 2.24) is 10.2 Å². The average molecular weight is 270 g/mol. The van der Waals surface area contributed by atoms with E-state index in [0.29, 0.717) is 0 Å². The average Bonchev–Trinajstić information content (AvgIpc) is 2.65. The Balaban J connectivity index is 2.30. The second kappa shape index (κ2) is 9.32. The summed E-state index contributed by atoms with van der Waals surface area (Å²) in [5.41, 5.74) is 0. The topological polar surface area (TPSA) is 41.6 Å². The minimum Gasteiger partial charge on any atom is -0.468 e. The molecule has 19 heavy (non-hydrogen) atoms. The quantitative estimate of drug-likeness (QED) is 0.719. The predicted molar refractivity (Wildman–Crippen MR) is 78.2 cm³/mol.